The van der Waals surface area contributed by atoms with Crippen LogP contribution in [0.3, 0.4) is 0 Å². The van der Waals surface area contributed by atoms with Crippen molar-refractivity contribution in [2.45, 2.75) is 39.0 Å². The lowest BCUT2D eigenvalue weighted by Gasteiger charge is -2.32. The van der Waals surface area contributed by atoms with E-state index in [1.165, 1.54) is 16.5 Å². The molecule has 3 nitrogen and oxygen atoms in total. The third-order valence-corrected chi connectivity index (χ3v) is 8.07. The molecule has 152 valence electrons. The molecule has 0 spiro atoms. The summed E-state index contributed by atoms with van der Waals surface area (Å²) in [7, 11) is -1.15. The Morgan fingerprint density at radius 2 is 1.83 bits per heavy atom. The van der Waals surface area contributed by atoms with Crippen molar-refractivity contribution in [1.82, 2.24) is 4.98 Å². The molecular weight excluding hydrogens is 403 g/mol. The molecule has 0 saturated heterocycles. The number of aromatic amines is 1. The standard InChI is InChI=1S/C23H25FN2OS2/c1-5-23(6-2,22-14(3)15-9-7-11-18(24)21(15)28-22)17-13-25-20-16(17)10-8-12-19(20)26-29(4)27/h7-13,25-26H,5-6H2,1-4H3. The molecule has 1 atom stereocenters. The van der Waals surface area contributed by atoms with Gasteiger partial charge in [0.1, 0.15) is 16.8 Å². The zero-order valence-corrected chi connectivity index (χ0v) is 18.7. The van der Waals surface area contributed by atoms with Gasteiger partial charge in [-0.3, -0.25) is 0 Å². The molecule has 2 aromatic heterocycles. The Hall–Kier alpha value is -2.18. The van der Waals surface area contributed by atoms with Gasteiger partial charge in [-0.05, 0) is 48.4 Å². The van der Waals surface area contributed by atoms with Crippen LogP contribution in [0.5, 0.6) is 0 Å². The lowest BCUT2D eigenvalue weighted by molar-refractivity contribution is 0.489. The van der Waals surface area contributed by atoms with Gasteiger partial charge in [-0.2, -0.15) is 0 Å². The molecule has 2 N–H and O–H groups in total. The SMILES string of the molecule is CCC(CC)(c1sc2c(F)cccc2c1C)c1c[nH]c2c(NS(C)=O)cccc12. The maximum Gasteiger partial charge on any atom is 0.141 e. The smallest absolute Gasteiger partial charge is 0.141 e. The quantitative estimate of drug-likeness (QED) is 0.355. The molecule has 4 aromatic rings. The molecule has 4 rings (SSSR count). The van der Waals surface area contributed by atoms with Gasteiger partial charge in [0.2, 0.25) is 0 Å². The van der Waals surface area contributed by atoms with Crippen LogP contribution in [-0.4, -0.2) is 15.4 Å². The van der Waals surface area contributed by atoms with Crippen molar-refractivity contribution in [2.24, 2.45) is 0 Å². The third kappa shape index (κ3) is 3.09. The first-order chi connectivity index (χ1) is 13.9. The number of para-hydroxylation sites is 1. The van der Waals surface area contributed by atoms with Crippen molar-refractivity contribution in [3.63, 3.8) is 0 Å². The van der Waals surface area contributed by atoms with Gasteiger partial charge in [-0.25, -0.2) is 8.60 Å². The highest BCUT2D eigenvalue weighted by atomic mass is 32.2. The second-order valence-corrected chi connectivity index (χ2v) is 9.58. The molecular formula is C23H25FN2OS2. The first-order valence-electron chi connectivity index (χ1n) is 9.81. The molecule has 0 fully saturated rings. The molecule has 29 heavy (non-hydrogen) atoms. The fourth-order valence-electron chi connectivity index (χ4n) is 4.53. The molecule has 1 unspecified atom stereocenters. The van der Waals surface area contributed by atoms with Crippen LogP contribution in [0.15, 0.2) is 42.6 Å². The zero-order valence-electron chi connectivity index (χ0n) is 17.1. The monoisotopic (exact) mass is 428 g/mol. The summed E-state index contributed by atoms with van der Waals surface area (Å²) in [6, 6.07) is 11.4. The van der Waals surface area contributed by atoms with Crippen LogP contribution in [0, 0.1) is 12.7 Å². The zero-order chi connectivity index (χ0) is 20.8. The largest absolute Gasteiger partial charge is 0.359 e. The summed E-state index contributed by atoms with van der Waals surface area (Å²) in [5.74, 6) is -0.154. The van der Waals surface area contributed by atoms with Gasteiger partial charge in [-0.15, -0.1) is 11.3 Å². The van der Waals surface area contributed by atoms with Crippen LogP contribution in [0.4, 0.5) is 10.1 Å². The lowest BCUT2D eigenvalue weighted by Crippen LogP contribution is -2.25. The average molecular weight is 429 g/mol. The average Bonchev–Trinajstić information content (AvgIpc) is 3.28. The number of anilines is 1. The number of rotatable bonds is 6. The summed E-state index contributed by atoms with van der Waals surface area (Å²) in [5, 5.41) is 2.11. The summed E-state index contributed by atoms with van der Waals surface area (Å²) < 4.78 is 30.0. The molecule has 0 radical (unpaired) electrons. The molecule has 0 aliphatic carbocycles. The van der Waals surface area contributed by atoms with Crippen molar-refractivity contribution in [2.75, 3.05) is 11.0 Å². The van der Waals surface area contributed by atoms with Crippen LogP contribution in [0.1, 0.15) is 42.7 Å². The van der Waals surface area contributed by atoms with E-state index in [2.05, 4.69) is 42.7 Å². The second-order valence-electron chi connectivity index (χ2n) is 7.45. The van der Waals surface area contributed by atoms with Crippen LogP contribution in [-0.2, 0) is 16.4 Å². The first kappa shape index (κ1) is 20.1. The van der Waals surface area contributed by atoms with E-state index in [4.69, 9.17) is 0 Å². The maximum absolute atomic E-state index is 14.5. The summed E-state index contributed by atoms with van der Waals surface area (Å²) in [6.45, 7) is 6.51. The number of halogens is 1. The summed E-state index contributed by atoms with van der Waals surface area (Å²) in [6.07, 6.45) is 5.51. The number of H-pyrrole nitrogens is 1. The van der Waals surface area contributed by atoms with Gasteiger partial charge in [0, 0.05) is 28.1 Å². The maximum atomic E-state index is 14.5. The molecule has 0 saturated carbocycles. The highest BCUT2D eigenvalue weighted by Crippen LogP contribution is 2.49. The van der Waals surface area contributed by atoms with Gasteiger partial charge >= 0.3 is 0 Å². The van der Waals surface area contributed by atoms with E-state index in [9.17, 15) is 8.60 Å². The number of aromatic nitrogens is 1. The van der Waals surface area contributed by atoms with Gasteiger partial charge in [0.25, 0.3) is 0 Å². The Bertz CT molecular complexity index is 1220. The number of fused-ring (bicyclic) bond motifs is 2. The van der Waals surface area contributed by atoms with Gasteiger partial charge in [0.15, 0.2) is 0 Å². The van der Waals surface area contributed by atoms with Crippen LogP contribution in [0.2, 0.25) is 0 Å². The van der Waals surface area contributed by atoms with Crippen LogP contribution >= 0.6 is 11.3 Å². The first-order valence-corrected chi connectivity index (χ1v) is 12.2. The summed E-state index contributed by atoms with van der Waals surface area (Å²) >= 11 is 1.58. The molecule has 0 aliphatic rings. The Morgan fingerprint density at radius 3 is 2.48 bits per heavy atom. The highest BCUT2D eigenvalue weighted by molar-refractivity contribution is 7.85. The Morgan fingerprint density at radius 1 is 1.14 bits per heavy atom. The topological polar surface area (TPSA) is 44.9 Å². The Balaban J connectivity index is 1.99. The van der Waals surface area contributed by atoms with Gasteiger partial charge in [0.05, 0.1) is 15.9 Å². The number of aryl methyl sites for hydroxylation is 1. The van der Waals surface area contributed by atoms with E-state index >= 15 is 0 Å². The van der Waals surface area contributed by atoms with Crippen LogP contribution in [0.25, 0.3) is 21.0 Å². The van der Waals surface area contributed by atoms with Crippen molar-refractivity contribution < 1.29 is 8.60 Å². The summed E-state index contributed by atoms with van der Waals surface area (Å²) in [5.41, 5.74) is 3.93. The van der Waals surface area contributed by atoms with Gasteiger partial charge < -0.3 is 9.71 Å². The number of hydrogen-bond acceptors (Lipinski definition) is 2. The molecule has 0 bridgehead atoms. The highest BCUT2D eigenvalue weighted by Gasteiger charge is 2.36. The Labute approximate surface area is 176 Å². The van der Waals surface area contributed by atoms with Gasteiger partial charge in [-0.1, -0.05) is 38.1 Å². The number of hydrogen-bond donors (Lipinski definition) is 2. The van der Waals surface area contributed by atoms with E-state index in [1.807, 2.05) is 18.2 Å². The fourth-order valence-corrected chi connectivity index (χ4v) is 6.57. The van der Waals surface area contributed by atoms with Crippen molar-refractivity contribution in [1.29, 1.82) is 0 Å². The molecule has 0 aliphatic heterocycles. The second kappa shape index (κ2) is 7.58. The molecule has 6 heteroatoms. The minimum atomic E-state index is -1.15. The van der Waals surface area contributed by atoms with E-state index in [1.54, 1.807) is 23.7 Å². The van der Waals surface area contributed by atoms with E-state index in [-0.39, 0.29) is 11.2 Å². The Kier molecular flexibility index (Phi) is 5.25. The fraction of sp³-hybridized carbons (Fsp3) is 0.304. The minimum Gasteiger partial charge on any atom is -0.359 e. The number of benzene rings is 2. The van der Waals surface area contributed by atoms with E-state index < -0.39 is 11.0 Å². The summed E-state index contributed by atoms with van der Waals surface area (Å²) in [4.78, 5) is 4.63. The van der Waals surface area contributed by atoms with E-state index in [0.717, 1.165) is 45.1 Å². The number of nitrogens with one attached hydrogen (secondary N) is 2. The van der Waals surface area contributed by atoms with Crippen molar-refractivity contribution >= 4 is 49.0 Å². The third-order valence-electron chi connectivity index (χ3n) is 6.04. The molecule has 2 heterocycles. The normalized spacial score (nSPS) is 13.3. The van der Waals surface area contributed by atoms with E-state index in [0.29, 0.717) is 0 Å². The van der Waals surface area contributed by atoms with Crippen molar-refractivity contribution in [3.05, 3.63) is 64.4 Å². The predicted octanol–water partition coefficient (Wildman–Crippen LogP) is 6.64. The minimum absolute atomic E-state index is 0.154. The predicted molar refractivity (Wildman–Crippen MR) is 124 cm³/mol. The lowest BCUT2D eigenvalue weighted by atomic mass is 9.73. The van der Waals surface area contributed by atoms with Crippen molar-refractivity contribution in [3.8, 4) is 0 Å². The molecule has 2 aromatic carbocycles. The number of thiophene rings is 1. The van der Waals surface area contributed by atoms with Crippen LogP contribution < -0.4 is 4.72 Å². The molecule has 0 amide bonds.